The summed E-state index contributed by atoms with van der Waals surface area (Å²) in [7, 11) is 0. The van der Waals surface area contributed by atoms with Gasteiger partial charge in [-0.1, -0.05) is 17.7 Å². The molecule has 3 N–H and O–H groups in total. The Bertz CT molecular complexity index is 1170. The Kier molecular flexibility index (Phi) is 7.29. The summed E-state index contributed by atoms with van der Waals surface area (Å²) >= 11 is 6.00. The van der Waals surface area contributed by atoms with Gasteiger partial charge in [0, 0.05) is 30.5 Å². The van der Waals surface area contributed by atoms with Gasteiger partial charge in [0.1, 0.15) is 11.5 Å². The van der Waals surface area contributed by atoms with E-state index in [0.29, 0.717) is 49.0 Å². The summed E-state index contributed by atoms with van der Waals surface area (Å²) < 4.78 is 25.2. The number of rotatable bonds is 7. The Morgan fingerprint density at radius 1 is 1.24 bits per heavy atom. The van der Waals surface area contributed by atoms with E-state index in [1.165, 1.54) is 6.07 Å². The van der Waals surface area contributed by atoms with Gasteiger partial charge in [-0.25, -0.2) is 9.37 Å². The topological polar surface area (TPSA) is 109 Å². The summed E-state index contributed by atoms with van der Waals surface area (Å²) in [6, 6.07) is 10.0. The molecule has 1 saturated heterocycles. The molecule has 1 aromatic heterocycles. The van der Waals surface area contributed by atoms with Gasteiger partial charge < -0.3 is 30.1 Å². The van der Waals surface area contributed by atoms with Crippen LogP contribution in [0.25, 0.3) is 0 Å². The number of aromatic hydroxyl groups is 1. The fraction of sp³-hybridized carbons (Fsp3) is 0.261. The zero-order valence-electron chi connectivity index (χ0n) is 18.3. The first-order valence-corrected chi connectivity index (χ1v) is 10.9. The fourth-order valence-electron chi connectivity index (χ4n) is 3.30. The highest BCUT2D eigenvalue weighted by atomic mass is 35.5. The van der Waals surface area contributed by atoms with Crippen molar-refractivity contribution >= 4 is 40.6 Å². The van der Waals surface area contributed by atoms with Crippen molar-refractivity contribution in [3.05, 3.63) is 59.0 Å². The van der Waals surface area contributed by atoms with Crippen LogP contribution >= 0.6 is 11.6 Å². The van der Waals surface area contributed by atoms with Crippen LogP contribution in [0.4, 0.5) is 27.5 Å². The number of carbonyl (C=O) groups is 1. The van der Waals surface area contributed by atoms with Gasteiger partial charge in [-0.3, -0.25) is 4.79 Å². The third-order valence-corrected chi connectivity index (χ3v) is 5.37. The maximum Gasteiger partial charge on any atom is 0.260 e. The van der Waals surface area contributed by atoms with Crippen LogP contribution in [-0.2, 0) is 9.53 Å². The van der Waals surface area contributed by atoms with Gasteiger partial charge in [-0.2, -0.15) is 4.98 Å². The molecule has 2 aromatic carbocycles. The van der Waals surface area contributed by atoms with E-state index in [2.05, 4.69) is 20.6 Å². The number of phenols is 1. The van der Waals surface area contributed by atoms with Crippen molar-refractivity contribution in [2.75, 3.05) is 43.5 Å². The summed E-state index contributed by atoms with van der Waals surface area (Å²) in [4.78, 5) is 22.1. The molecule has 0 radical (unpaired) electrons. The first-order valence-electron chi connectivity index (χ1n) is 10.5. The molecule has 2 heterocycles. The van der Waals surface area contributed by atoms with Gasteiger partial charge in [-0.15, -0.1) is 0 Å². The predicted octanol–water partition coefficient (Wildman–Crippen LogP) is 4.01. The highest BCUT2D eigenvalue weighted by Gasteiger charge is 2.17. The van der Waals surface area contributed by atoms with Crippen LogP contribution in [0.1, 0.15) is 5.56 Å². The molecule has 9 nitrogen and oxygen atoms in total. The van der Waals surface area contributed by atoms with Crippen LogP contribution in [0.2, 0.25) is 5.02 Å². The molecule has 0 bridgehead atoms. The fourth-order valence-corrected chi connectivity index (χ4v) is 3.57. The van der Waals surface area contributed by atoms with E-state index in [1.54, 1.807) is 42.2 Å². The standard InChI is InChI=1S/C23H23ClFN5O4/c1-14-9-16(11-18(24)21(14)32)27-22-19(25)12-26-23(29-22)28-15-3-2-4-17(10-15)34-13-20(31)30-5-7-33-8-6-30/h2-4,9-12,32H,5-8,13H2,1H3,(H2,26,27,28,29). The highest BCUT2D eigenvalue weighted by Crippen LogP contribution is 2.32. The second-order valence-corrected chi connectivity index (χ2v) is 7.98. The number of aromatic nitrogens is 2. The Labute approximate surface area is 200 Å². The molecular formula is C23H23ClFN5O4. The number of halogens is 2. The summed E-state index contributed by atoms with van der Waals surface area (Å²) in [5.41, 5.74) is 1.59. The van der Waals surface area contributed by atoms with Crippen LogP contribution in [0.5, 0.6) is 11.5 Å². The number of morpholine rings is 1. The predicted molar refractivity (Wildman–Crippen MR) is 126 cm³/mol. The Morgan fingerprint density at radius 2 is 2.03 bits per heavy atom. The first-order chi connectivity index (χ1) is 16.4. The Balaban J connectivity index is 1.42. The number of hydrogen-bond acceptors (Lipinski definition) is 8. The molecule has 0 spiro atoms. The average Bonchev–Trinajstić information content (AvgIpc) is 2.84. The van der Waals surface area contributed by atoms with E-state index >= 15 is 0 Å². The molecule has 0 aliphatic carbocycles. The Hall–Kier alpha value is -3.63. The van der Waals surface area contributed by atoms with Gasteiger partial charge in [0.2, 0.25) is 5.95 Å². The van der Waals surface area contributed by atoms with Crippen molar-refractivity contribution < 1.29 is 23.8 Å². The molecule has 0 atom stereocenters. The lowest BCUT2D eigenvalue weighted by molar-refractivity contribution is -0.137. The molecule has 3 aromatic rings. The van der Waals surface area contributed by atoms with E-state index in [9.17, 15) is 14.3 Å². The summed E-state index contributed by atoms with van der Waals surface area (Å²) in [5.74, 6) is -0.239. The molecule has 1 aliphatic rings. The normalized spacial score (nSPS) is 13.4. The molecule has 1 amide bonds. The molecule has 11 heteroatoms. The van der Waals surface area contributed by atoms with E-state index < -0.39 is 5.82 Å². The number of anilines is 4. The maximum absolute atomic E-state index is 14.3. The van der Waals surface area contributed by atoms with Gasteiger partial charge in [0.25, 0.3) is 5.91 Å². The van der Waals surface area contributed by atoms with Crippen LogP contribution in [0, 0.1) is 12.7 Å². The number of ether oxygens (including phenoxy) is 2. The van der Waals surface area contributed by atoms with E-state index in [4.69, 9.17) is 21.1 Å². The average molecular weight is 488 g/mol. The van der Waals surface area contributed by atoms with Gasteiger partial charge in [0.15, 0.2) is 18.2 Å². The second kappa shape index (κ2) is 10.5. The quantitative estimate of drug-likeness (QED) is 0.429. The molecule has 1 fully saturated rings. The maximum atomic E-state index is 14.3. The SMILES string of the molecule is Cc1cc(Nc2nc(Nc3cccc(OCC(=O)N4CCOCC4)c3)ncc2F)cc(Cl)c1O. The zero-order chi connectivity index (χ0) is 24.1. The minimum Gasteiger partial charge on any atom is -0.506 e. The lowest BCUT2D eigenvalue weighted by Gasteiger charge is -2.26. The van der Waals surface area contributed by atoms with Crippen LogP contribution < -0.4 is 15.4 Å². The lowest BCUT2D eigenvalue weighted by Crippen LogP contribution is -2.42. The number of nitrogens with one attached hydrogen (secondary N) is 2. The van der Waals surface area contributed by atoms with Crippen molar-refractivity contribution in [2.45, 2.75) is 6.92 Å². The largest absolute Gasteiger partial charge is 0.506 e. The number of carbonyl (C=O) groups excluding carboxylic acids is 1. The number of nitrogens with zero attached hydrogens (tertiary/aromatic N) is 3. The van der Waals surface area contributed by atoms with Crippen LogP contribution in [0.3, 0.4) is 0 Å². The molecule has 0 unspecified atom stereocenters. The summed E-state index contributed by atoms with van der Waals surface area (Å²) in [5, 5.41) is 15.8. The van der Waals surface area contributed by atoms with Crippen LogP contribution in [0.15, 0.2) is 42.6 Å². The van der Waals surface area contributed by atoms with Gasteiger partial charge in [-0.05, 0) is 36.8 Å². The number of benzene rings is 2. The molecule has 178 valence electrons. The first kappa shape index (κ1) is 23.5. The number of amides is 1. The van der Waals surface area contributed by atoms with Crippen molar-refractivity contribution in [3.8, 4) is 11.5 Å². The summed E-state index contributed by atoms with van der Waals surface area (Å²) in [6.07, 6.45) is 1.04. The minimum atomic E-state index is -0.661. The van der Waals surface area contributed by atoms with Crippen LogP contribution in [-0.4, -0.2) is 58.8 Å². The molecule has 1 aliphatic heterocycles. The number of hydrogen-bond donors (Lipinski definition) is 3. The van der Waals surface area contributed by atoms with Crippen molar-refractivity contribution in [3.63, 3.8) is 0 Å². The summed E-state index contributed by atoms with van der Waals surface area (Å²) in [6.45, 7) is 3.76. The lowest BCUT2D eigenvalue weighted by atomic mass is 10.2. The zero-order valence-corrected chi connectivity index (χ0v) is 19.1. The van der Waals surface area contributed by atoms with E-state index in [-0.39, 0.29) is 35.1 Å². The molecule has 0 saturated carbocycles. The third-order valence-electron chi connectivity index (χ3n) is 5.08. The smallest absolute Gasteiger partial charge is 0.260 e. The van der Waals surface area contributed by atoms with Crippen molar-refractivity contribution in [1.29, 1.82) is 0 Å². The van der Waals surface area contributed by atoms with Crippen molar-refractivity contribution in [2.24, 2.45) is 0 Å². The van der Waals surface area contributed by atoms with Gasteiger partial charge in [0.05, 0.1) is 24.4 Å². The van der Waals surface area contributed by atoms with Gasteiger partial charge >= 0.3 is 0 Å². The van der Waals surface area contributed by atoms with E-state index in [0.717, 1.165) is 6.20 Å². The highest BCUT2D eigenvalue weighted by molar-refractivity contribution is 6.32. The molecule has 34 heavy (non-hydrogen) atoms. The minimum absolute atomic E-state index is 0.0357. The second-order valence-electron chi connectivity index (χ2n) is 7.57. The third kappa shape index (κ3) is 5.83. The number of aryl methyl sites for hydroxylation is 1. The monoisotopic (exact) mass is 487 g/mol. The molecule has 4 rings (SSSR count). The molecular weight excluding hydrogens is 465 g/mol. The van der Waals surface area contributed by atoms with Crippen molar-refractivity contribution in [1.82, 2.24) is 14.9 Å². The van der Waals surface area contributed by atoms with E-state index in [1.807, 2.05) is 0 Å². The Morgan fingerprint density at radius 3 is 2.79 bits per heavy atom. The number of phenolic OH excluding ortho intramolecular Hbond substituents is 1.